The Morgan fingerprint density at radius 3 is 1.37 bits per heavy atom. The molecule has 8 fully saturated rings. The van der Waals surface area contributed by atoms with Gasteiger partial charge in [0.25, 0.3) is 0 Å². The molecular formula is C87H125ClN8O16S2. The number of primary amides is 2. The van der Waals surface area contributed by atoms with Gasteiger partial charge < -0.3 is 57.3 Å². The van der Waals surface area contributed by atoms with Crippen molar-refractivity contribution in [2.24, 2.45) is 91.2 Å². The number of rotatable bonds is 31. The molecule has 0 spiro atoms. The summed E-state index contributed by atoms with van der Waals surface area (Å²) >= 11 is 0. The van der Waals surface area contributed by atoms with Gasteiger partial charge in [-0.3, -0.25) is 28.8 Å². The van der Waals surface area contributed by atoms with Crippen LogP contribution in [0.1, 0.15) is 203 Å². The second kappa shape index (κ2) is 37.4. The number of fused-ring (bicyclic) bond motifs is 2. The Morgan fingerprint density at radius 2 is 0.982 bits per heavy atom. The monoisotopic (exact) mass is 1640 g/mol. The molecule has 628 valence electrons. The Kier molecular flexibility index (Phi) is 30.1. The number of nitrogens with one attached hydrogen (secondary N) is 2. The number of ether oxygens (including phenoxy) is 2. The fourth-order valence-electron chi connectivity index (χ4n) is 18.0. The van der Waals surface area contributed by atoms with E-state index in [0.717, 1.165) is 75.3 Å². The summed E-state index contributed by atoms with van der Waals surface area (Å²) in [6.45, 7) is 21.3. The topological polar surface area (TPSA) is 385 Å². The van der Waals surface area contributed by atoms with Gasteiger partial charge in [0.1, 0.15) is 43.0 Å². The van der Waals surface area contributed by atoms with E-state index >= 15 is 0 Å². The molecule has 0 bridgehead atoms. The summed E-state index contributed by atoms with van der Waals surface area (Å²) in [7, 11) is -7.49. The fraction of sp³-hybridized carbons (Fsp3) is 0.632. The van der Waals surface area contributed by atoms with Crippen molar-refractivity contribution in [3.8, 4) is 11.5 Å². The van der Waals surface area contributed by atoms with Crippen molar-refractivity contribution in [3.63, 3.8) is 0 Å². The number of benzene rings is 4. The summed E-state index contributed by atoms with van der Waals surface area (Å²) < 4.78 is 65.6. The molecule has 24 nitrogen and oxygen atoms in total. The molecule has 12 rings (SSSR count). The minimum absolute atomic E-state index is 0. The van der Waals surface area contributed by atoms with Crippen LogP contribution in [0.4, 0.5) is 4.79 Å². The predicted molar refractivity (Wildman–Crippen MR) is 438 cm³/mol. The highest BCUT2D eigenvalue weighted by atomic mass is 35.5. The first-order chi connectivity index (χ1) is 52.6. The average molecular weight is 1640 g/mol. The van der Waals surface area contributed by atoms with Crippen molar-refractivity contribution in [3.05, 3.63) is 120 Å². The van der Waals surface area contributed by atoms with Crippen LogP contribution in [0.3, 0.4) is 0 Å². The first-order valence-electron chi connectivity index (χ1n) is 40.1. The van der Waals surface area contributed by atoms with Gasteiger partial charge in [0.2, 0.25) is 29.7 Å². The lowest BCUT2D eigenvalue weighted by molar-refractivity contribution is -0.144. The number of nitrogens with zero attached hydrogens (tertiary/aromatic N) is 3. The minimum Gasteiger partial charge on any atom is -0.489 e. The largest absolute Gasteiger partial charge is 0.489 e. The zero-order valence-corrected chi connectivity index (χ0v) is 69.8. The molecule has 4 aromatic carbocycles. The van der Waals surface area contributed by atoms with Crippen LogP contribution in [0.2, 0.25) is 0 Å². The highest BCUT2D eigenvalue weighted by molar-refractivity contribution is 7.91. The number of ketones is 2. The molecule has 6 unspecified atom stereocenters. The van der Waals surface area contributed by atoms with E-state index in [1.54, 1.807) is 52.3 Å². The number of carbonyl (C=O) groups is 7. The molecule has 6 amide bonds. The second-order valence-corrected chi connectivity index (χ2v) is 40.8. The second-order valence-electron chi connectivity index (χ2n) is 36.8. The van der Waals surface area contributed by atoms with Crippen LogP contribution < -0.4 is 37.3 Å². The van der Waals surface area contributed by atoms with Gasteiger partial charge in [-0.05, 0) is 143 Å². The van der Waals surface area contributed by atoms with Crippen LogP contribution >= 0.6 is 12.4 Å². The Morgan fingerprint density at radius 1 is 0.579 bits per heavy atom. The van der Waals surface area contributed by atoms with Crippen LogP contribution in [-0.2, 0) is 66.5 Å². The molecule has 27 heteroatoms. The molecule has 114 heavy (non-hydrogen) atoms. The van der Waals surface area contributed by atoms with Crippen molar-refractivity contribution in [1.29, 1.82) is 0 Å². The lowest BCUT2D eigenvalue weighted by atomic mass is 9.83. The number of carbonyl (C=O) groups excluding carboxylic acids is 8. The molecule has 2 aliphatic heterocycles. The number of hydrogen-bond acceptors (Lipinski definition) is 18. The normalized spacial score (nSPS) is 23.7. The average Bonchev–Trinajstić information content (AvgIpc) is 1.53. The third-order valence-electron chi connectivity index (χ3n) is 25.3. The number of likely N-dealkylation sites (tertiary alicyclic amines) is 2. The molecule has 8 aliphatic rings. The van der Waals surface area contributed by atoms with Gasteiger partial charge in [0.05, 0.1) is 50.5 Å². The summed E-state index contributed by atoms with van der Waals surface area (Å²) in [6.07, 6.45) is 11.3. The van der Waals surface area contributed by atoms with Gasteiger partial charge >= 0.3 is 6.03 Å². The highest BCUT2D eigenvalue weighted by Crippen LogP contribution is 2.66. The molecule has 6 saturated carbocycles. The molecule has 0 aromatic heterocycles. The van der Waals surface area contributed by atoms with E-state index in [1.165, 1.54) is 12.1 Å². The van der Waals surface area contributed by atoms with Crippen LogP contribution in [0.25, 0.3) is 0 Å². The van der Waals surface area contributed by atoms with Crippen molar-refractivity contribution in [2.45, 2.75) is 263 Å². The Balaban J connectivity index is 0.000000235. The van der Waals surface area contributed by atoms with Gasteiger partial charge in [-0.15, -0.1) is 12.4 Å². The quantitative estimate of drug-likeness (QED) is 0.0182. The van der Waals surface area contributed by atoms with E-state index in [4.69, 9.17) is 26.7 Å². The summed E-state index contributed by atoms with van der Waals surface area (Å²) in [5.41, 5.74) is 15.7. The summed E-state index contributed by atoms with van der Waals surface area (Å²) in [4.78, 5) is 111. The highest BCUT2D eigenvalue weighted by Gasteiger charge is 2.71. The van der Waals surface area contributed by atoms with Gasteiger partial charge in [-0.1, -0.05) is 214 Å². The molecule has 6 aliphatic carbocycles. The summed E-state index contributed by atoms with van der Waals surface area (Å²) in [6, 6.07) is 28.6. The van der Waals surface area contributed by atoms with Gasteiger partial charge in [0.15, 0.2) is 31.2 Å². The molecule has 0 radical (unpaired) electrons. The third kappa shape index (κ3) is 22.8. The standard InChI is InChI=1S/C43H60N4O8S.C22H37N3O4.C21H23NO4S.CH4.ClH/c1-41(2,3)37(39(51)47-24-32-34(42(32,4)5)35(47)33(48)22-29(21-27-17-18-27)36(49)38(44)50)45-40(52)46-43(19-10-7-11-20-43)26-56(53,54)31-16-12-15-30(23-31)55-25-28-13-8-6-9-14-28;1-21(2,3)18(23)20(29)25-10-13-15(22(13,4)5)16(25)14(26)9-12(8-11-6-7-11)17(27)19(24)28;23-17-22-21(12-5-2-6-13-21)16-27(24,25)20-11-7-10-19(14-20)26-15-18-8-3-1-4-9-18;;/h6,8-9,12-16,23,27,29,32,34-37,49H,7,10-11,17-22,24-26H2,1-5H3,(H2,44,50)(H2,45,46,52);11-13,15-18,27H,6-10,23H2,1-5H3,(H2,24,28);1,3-4,7-11,14H,2,5-6,12-13,15-16H2;1H4;1H/t29?,32?,34-,35+,36?,37+;12?,13?,15-,16+,17?,18+;;;/m00.../s1. The number of halogens is 1. The Bertz CT molecular complexity index is 4320. The minimum atomic E-state index is -3.89. The number of aliphatic imine (C=N–C) groups is 1. The Hall–Kier alpha value is -7.58. The zero-order valence-electron chi connectivity index (χ0n) is 67.4. The number of Topliss-reactive ketones (excluding diaryl/α,β-unsaturated/α-hetero) is 2. The number of nitrogens with two attached hydrogens (primary N) is 3. The van der Waals surface area contributed by atoms with E-state index in [-0.39, 0.29) is 118 Å². The van der Waals surface area contributed by atoms with Crippen molar-refractivity contribution in [2.75, 3.05) is 24.6 Å². The lowest BCUT2D eigenvalue weighted by Gasteiger charge is -2.40. The van der Waals surface area contributed by atoms with Crippen LogP contribution in [-0.4, -0.2) is 156 Å². The maximum atomic E-state index is 14.6. The van der Waals surface area contributed by atoms with E-state index in [0.29, 0.717) is 81.6 Å². The molecule has 2 saturated heterocycles. The van der Waals surface area contributed by atoms with Crippen LogP contribution in [0, 0.1) is 69.0 Å². The molecular weight excluding hydrogens is 1510 g/mol. The fourth-order valence-corrected chi connectivity index (χ4v) is 21.6. The number of aliphatic hydroxyl groups excluding tert-OH is 2. The molecule has 12 atom stereocenters. The van der Waals surface area contributed by atoms with E-state index in [2.05, 4.69) is 43.3 Å². The van der Waals surface area contributed by atoms with Crippen molar-refractivity contribution in [1.82, 2.24) is 20.4 Å². The summed E-state index contributed by atoms with van der Waals surface area (Å²) in [5.74, 6) is -1.99. The van der Waals surface area contributed by atoms with Crippen LogP contribution in [0.5, 0.6) is 11.5 Å². The predicted octanol–water partition coefficient (Wildman–Crippen LogP) is 11.4. The lowest BCUT2D eigenvalue weighted by Crippen LogP contribution is -2.63. The van der Waals surface area contributed by atoms with Crippen molar-refractivity contribution < 1.29 is 74.9 Å². The smallest absolute Gasteiger partial charge is 0.315 e. The van der Waals surface area contributed by atoms with E-state index in [9.17, 15) is 65.4 Å². The van der Waals surface area contributed by atoms with E-state index in [1.807, 2.05) is 102 Å². The summed E-state index contributed by atoms with van der Waals surface area (Å²) in [5, 5.41) is 26.9. The number of sulfone groups is 2. The van der Waals surface area contributed by atoms with Crippen molar-refractivity contribution >= 4 is 79.4 Å². The number of hydrogen-bond donors (Lipinski definition) is 7. The number of piperidine rings is 2. The molecule has 10 N–H and O–H groups in total. The molecule has 2 heterocycles. The maximum absolute atomic E-state index is 14.6. The van der Waals surface area contributed by atoms with Gasteiger partial charge in [-0.2, -0.15) is 4.99 Å². The zero-order chi connectivity index (χ0) is 81.7. The number of isocyanates is 1. The number of aliphatic hydroxyl groups is 2. The molecule has 4 aromatic rings. The first-order valence-corrected chi connectivity index (χ1v) is 43.4. The van der Waals surface area contributed by atoms with Crippen LogP contribution in [0.15, 0.2) is 124 Å². The van der Waals surface area contributed by atoms with Gasteiger partial charge in [-0.25, -0.2) is 26.4 Å². The Labute approximate surface area is 681 Å². The SMILES string of the molecule is C.CC(C)(C)[C@H](N)C(=O)N1CC2[C@@H]([C@H]1C(=O)CC(CC1CC1)C(O)C(N)=O)C2(C)C.CC(C)(C)[C@H](NC(=O)NC1(CS(=O)(=O)c2cccc(OCc3ccccc3)c2)CCCCC1)C(=O)N1CC2[C@@H]([C@H]1C(=O)CC(CC1CC1)C(O)C(N)=O)C2(C)C.Cl.O=C=NC1(CS(=O)(=O)c2cccc(OCc3ccccc3)c2)CCCCC1. The van der Waals surface area contributed by atoms with E-state index < -0.39 is 108 Å². The first kappa shape index (κ1) is 91.9. The number of amides is 6. The number of urea groups is 1. The third-order valence-corrected chi connectivity index (χ3v) is 29.1. The van der Waals surface area contributed by atoms with Gasteiger partial charge in [0, 0.05) is 37.8 Å². The maximum Gasteiger partial charge on any atom is 0.315 e.